The van der Waals surface area contributed by atoms with Gasteiger partial charge in [0.25, 0.3) is 0 Å². The summed E-state index contributed by atoms with van der Waals surface area (Å²) in [6, 6.07) is 6.01. The van der Waals surface area contributed by atoms with E-state index in [1.165, 1.54) is 0 Å². The van der Waals surface area contributed by atoms with Crippen LogP contribution in [0.4, 0.5) is 0 Å². The molecule has 0 bridgehead atoms. The van der Waals surface area contributed by atoms with Gasteiger partial charge in [0.1, 0.15) is 6.61 Å². The Balaban J connectivity index is 2.21. The van der Waals surface area contributed by atoms with E-state index in [-0.39, 0.29) is 0 Å². The van der Waals surface area contributed by atoms with Gasteiger partial charge in [-0.3, -0.25) is 0 Å². The van der Waals surface area contributed by atoms with E-state index >= 15 is 0 Å². The van der Waals surface area contributed by atoms with Gasteiger partial charge in [-0.25, -0.2) is 0 Å². The summed E-state index contributed by atoms with van der Waals surface area (Å²) >= 11 is 1.66. The molecule has 0 radical (unpaired) electrons. The highest BCUT2D eigenvalue weighted by Gasteiger charge is 2.14. The molecule has 0 spiro atoms. The first-order valence-electron chi connectivity index (χ1n) is 6.88. The van der Waals surface area contributed by atoms with Crippen LogP contribution >= 0.6 is 11.3 Å². The molecule has 2 aromatic rings. The fourth-order valence-corrected chi connectivity index (χ4v) is 2.63. The summed E-state index contributed by atoms with van der Waals surface area (Å²) in [6.45, 7) is 4.27. The van der Waals surface area contributed by atoms with E-state index in [0.717, 1.165) is 24.2 Å². The van der Waals surface area contributed by atoms with Crippen molar-refractivity contribution < 1.29 is 14.2 Å². The number of thiophene rings is 1. The maximum absolute atomic E-state index is 5.89. The average Bonchev–Trinajstić information content (AvgIpc) is 3.03. The summed E-state index contributed by atoms with van der Waals surface area (Å²) < 4.78 is 16.8. The second-order valence-electron chi connectivity index (χ2n) is 4.53. The molecule has 0 saturated heterocycles. The van der Waals surface area contributed by atoms with Crippen LogP contribution in [-0.4, -0.2) is 20.8 Å². The molecule has 0 fully saturated rings. The van der Waals surface area contributed by atoms with E-state index < -0.39 is 0 Å². The fraction of sp³-hybridized carbons (Fsp3) is 0.375. The van der Waals surface area contributed by atoms with Crippen molar-refractivity contribution in [3.63, 3.8) is 0 Å². The van der Waals surface area contributed by atoms with Crippen molar-refractivity contribution in [2.75, 3.05) is 20.8 Å². The van der Waals surface area contributed by atoms with Gasteiger partial charge in [0, 0.05) is 6.54 Å². The summed E-state index contributed by atoms with van der Waals surface area (Å²) in [4.78, 5) is 0. The predicted octanol–water partition coefficient (Wildman–Crippen LogP) is 3.45. The van der Waals surface area contributed by atoms with Gasteiger partial charge in [-0.1, -0.05) is 6.92 Å². The van der Waals surface area contributed by atoms with Crippen LogP contribution in [0.25, 0.3) is 0 Å². The molecule has 1 heterocycles. The lowest BCUT2D eigenvalue weighted by Gasteiger charge is -2.16. The van der Waals surface area contributed by atoms with Crippen LogP contribution in [0.2, 0.25) is 0 Å². The molecule has 0 amide bonds. The Hall–Kier alpha value is -1.72. The molecule has 1 aromatic carbocycles. The van der Waals surface area contributed by atoms with E-state index in [2.05, 4.69) is 17.6 Å². The summed E-state index contributed by atoms with van der Waals surface area (Å²) in [5, 5.41) is 7.39. The summed E-state index contributed by atoms with van der Waals surface area (Å²) in [5.74, 6) is 2.03. The molecule has 5 heteroatoms. The molecular weight excluding hydrogens is 286 g/mol. The van der Waals surface area contributed by atoms with Crippen LogP contribution in [0.5, 0.6) is 17.2 Å². The lowest BCUT2D eigenvalue weighted by atomic mass is 10.1. The highest BCUT2D eigenvalue weighted by atomic mass is 32.1. The van der Waals surface area contributed by atoms with Crippen molar-refractivity contribution in [3.8, 4) is 17.2 Å². The lowest BCUT2D eigenvalue weighted by Crippen LogP contribution is -2.12. The van der Waals surface area contributed by atoms with Crippen LogP contribution in [0.3, 0.4) is 0 Å². The van der Waals surface area contributed by atoms with Crippen molar-refractivity contribution in [2.24, 2.45) is 0 Å². The largest absolute Gasteiger partial charge is 0.493 e. The molecule has 114 valence electrons. The summed E-state index contributed by atoms with van der Waals surface area (Å²) in [5.41, 5.74) is 2.24. The highest BCUT2D eigenvalue weighted by molar-refractivity contribution is 7.07. The van der Waals surface area contributed by atoms with Gasteiger partial charge < -0.3 is 19.5 Å². The summed E-state index contributed by atoms with van der Waals surface area (Å²) in [6.07, 6.45) is 0. The molecule has 0 aliphatic rings. The van der Waals surface area contributed by atoms with Crippen LogP contribution < -0.4 is 19.5 Å². The topological polar surface area (TPSA) is 39.7 Å². The number of hydrogen-bond acceptors (Lipinski definition) is 5. The standard InChI is InChI=1S/C16H21NO3S/c1-4-17-9-13-7-14(18-2)16(15(8-13)19-3)20-10-12-5-6-21-11-12/h5-8,11,17H,4,9-10H2,1-3H3. The Kier molecular flexibility index (Phi) is 5.90. The van der Waals surface area contributed by atoms with Crippen molar-refractivity contribution in [2.45, 2.75) is 20.1 Å². The van der Waals surface area contributed by atoms with Gasteiger partial charge in [-0.15, -0.1) is 0 Å². The second-order valence-corrected chi connectivity index (χ2v) is 5.31. The minimum absolute atomic E-state index is 0.503. The number of methoxy groups -OCH3 is 2. The molecular formula is C16H21NO3S. The molecule has 4 nitrogen and oxygen atoms in total. The molecule has 2 rings (SSSR count). The Bertz CT molecular complexity index is 530. The van der Waals surface area contributed by atoms with Crippen molar-refractivity contribution in [1.82, 2.24) is 5.32 Å². The van der Waals surface area contributed by atoms with Crippen LogP contribution in [0.1, 0.15) is 18.1 Å². The molecule has 0 saturated carbocycles. The first-order chi connectivity index (χ1) is 10.3. The first kappa shape index (κ1) is 15.7. The Morgan fingerprint density at radius 2 is 1.81 bits per heavy atom. The smallest absolute Gasteiger partial charge is 0.203 e. The lowest BCUT2D eigenvalue weighted by molar-refractivity contribution is 0.266. The number of benzene rings is 1. The van der Waals surface area contributed by atoms with Gasteiger partial charge in [0.2, 0.25) is 5.75 Å². The van der Waals surface area contributed by atoms with Gasteiger partial charge in [-0.2, -0.15) is 11.3 Å². The maximum atomic E-state index is 5.89. The third-order valence-corrected chi connectivity index (χ3v) is 3.79. The highest BCUT2D eigenvalue weighted by Crippen LogP contribution is 2.39. The molecule has 0 aliphatic carbocycles. The maximum Gasteiger partial charge on any atom is 0.203 e. The van der Waals surface area contributed by atoms with Gasteiger partial charge >= 0.3 is 0 Å². The van der Waals surface area contributed by atoms with Crippen molar-refractivity contribution >= 4 is 11.3 Å². The average molecular weight is 307 g/mol. The van der Waals surface area contributed by atoms with E-state index in [4.69, 9.17) is 14.2 Å². The SMILES string of the molecule is CCNCc1cc(OC)c(OCc2ccsc2)c(OC)c1. The third kappa shape index (κ3) is 4.12. The Labute approximate surface area is 129 Å². The molecule has 0 aliphatic heterocycles. The van der Waals surface area contributed by atoms with Crippen LogP contribution in [0, 0.1) is 0 Å². The molecule has 0 unspecified atom stereocenters. The zero-order valence-electron chi connectivity index (χ0n) is 12.6. The van der Waals surface area contributed by atoms with E-state index in [0.29, 0.717) is 23.9 Å². The van der Waals surface area contributed by atoms with Gasteiger partial charge in [-0.05, 0) is 46.6 Å². The number of ether oxygens (including phenoxy) is 3. The second kappa shape index (κ2) is 7.90. The van der Waals surface area contributed by atoms with E-state index in [1.807, 2.05) is 23.6 Å². The van der Waals surface area contributed by atoms with E-state index in [1.54, 1.807) is 25.6 Å². The zero-order valence-corrected chi connectivity index (χ0v) is 13.5. The predicted molar refractivity (Wildman–Crippen MR) is 85.6 cm³/mol. The van der Waals surface area contributed by atoms with Gasteiger partial charge in [0.15, 0.2) is 11.5 Å². The van der Waals surface area contributed by atoms with Crippen molar-refractivity contribution in [1.29, 1.82) is 0 Å². The molecule has 1 aromatic heterocycles. The molecule has 21 heavy (non-hydrogen) atoms. The normalized spacial score (nSPS) is 10.4. The van der Waals surface area contributed by atoms with Crippen LogP contribution in [-0.2, 0) is 13.2 Å². The minimum Gasteiger partial charge on any atom is -0.493 e. The van der Waals surface area contributed by atoms with E-state index in [9.17, 15) is 0 Å². The third-order valence-electron chi connectivity index (χ3n) is 3.06. The molecule has 1 N–H and O–H groups in total. The number of hydrogen-bond donors (Lipinski definition) is 1. The van der Waals surface area contributed by atoms with Crippen LogP contribution in [0.15, 0.2) is 29.0 Å². The Morgan fingerprint density at radius 3 is 2.33 bits per heavy atom. The quantitative estimate of drug-likeness (QED) is 0.811. The Morgan fingerprint density at radius 1 is 1.10 bits per heavy atom. The first-order valence-corrected chi connectivity index (χ1v) is 7.82. The molecule has 0 atom stereocenters. The monoisotopic (exact) mass is 307 g/mol. The zero-order chi connectivity index (χ0) is 15.1. The number of nitrogens with one attached hydrogen (secondary N) is 1. The van der Waals surface area contributed by atoms with Crippen molar-refractivity contribution in [3.05, 3.63) is 40.1 Å². The van der Waals surface area contributed by atoms with Gasteiger partial charge in [0.05, 0.1) is 14.2 Å². The minimum atomic E-state index is 0.503. The number of rotatable bonds is 8. The fourth-order valence-electron chi connectivity index (χ4n) is 1.98. The summed E-state index contributed by atoms with van der Waals surface area (Å²) in [7, 11) is 3.28.